The van der Waals surface area contributed by atoms with Crippen molar-refractivity contribution in [1.29, 1.82) is 0 Å². The Kier molecular flexibility index (Phi) is 11.0. The highest BCUT2D eigenvalue weighted by molar-refractivity contribution is 5.74. The van der Waals surface area contributed by atoms with Crippen molar-refractivity contribution in [2.75, 3.05) is 40.4 Å². The van der Waals surface area contributed by atoms with Crippen molar-refractivity contribution >= 4 is 6.03 Å². The second-order valence-corrected chi connectivity index (χ2v) is 9.60. The summed E-state index contributed by atoms with van der Waals surface area (Å²) in [5.41, 5.74) is -2.79. The average Bonchev–Trinajstić information content (AvgIpc) is 2.76. The molecule has 0 bridgehead atoms. The van der Waals surface area contributed by atoms with Crippen LogP contribution >= 0.6 is 0 Å². The Morgan fingerprint density at radius 1 is 1.16 bits per heavy atom. The number of unbranched alkanes of at least 4 members (excludes halogenated alkanes) is 1. The number of carbonyl (C=O) groups excluding carboxylic acids is 1. The van der Waals surface area contributed by atoms with Gasteiger partial charge in [-0.2, -0.15) is 13.2 Å². The average molecular weight is 466 g/mol. The molecule has 1 heterocycles. The van der Waals surface area contributed by atoms with Gasteiger partial charge in [-0.3, -0.25) is 0 Å². The van der Waals surface area contributed by atoms with Gasteiger partial charge in [-0.1, -0.05) is 32.1 Å². The monoisotopic (exact) mass is 465 g/mol. The molecule has 2 unspecified atom stereocenters. The van der Waals surface area contributed by atoms with E-state index in [0.717, 1.165) is 6.42 Å². The van der Waals surface area contributed by atoms with E-state index in [9.17, 15) is 23.1 Å². The fourth-order valence-electron chi connectivity index (χ4n) is 5.30. The number of amides is 2. The van der Waals surface area contributed by atoms with Gasteiger partial charge in [0.25, 0.3) is 0 Å². The molecule has 2 aliphatic rings. The van der Waals surface area contributed by atoms with Gasteiger partial charge >= 0.3 is 12.2 Å². The number of likely N-dealkylation sites (N-methyl/N-ethyl adjacent to an activating group) is 1. The Balaban J connectivity index is 1.99. The first-order valence-corrected chi connectivity index (χ1v) is 12.2. The summed E-state index contributed by atoms with van der Waals surface area (Å²) in [4.78, 5) is 14.4. The SMILES string of the molecule is CNCC(CC1CCCCC1)NC(=O)N1CCC[C@@H](C(O)(CCCCOC)C(F)(F)F)C1. The van der Waals surface area contributed by atoms with E-state index in [1.54, 1.807) is 0 Å². The number of halogens is 3. The minimum absolute atomic E-state index is 0.0495. The first-order chi connectivity index (χ1) is 15.2. The zero-order valence-corrected chi connectivity index (χ0v) is 19.7. The number of nitrogens with zero attached hydrogens (tertiary/aromatic N) is 1. The van der Waals surface area contributed by atoms with Gasteiger partial charge in [0.15, 0.2) is 5.60 Å². The molecule has 32 heavy (non-hydrogen) atoms. The molecule has 1 aliphatic carbocycles. The predicted octanol–water partition coefficient (Wildman–Crippen LogP) is 4.08. The minimum Gasteiger partial charge on any atom is -0.385 e. The highest BCUT2D eigenvalue weighted by Crippen LogP contribution is 2.43. The smallest absolute Gasteiger partial charge is 0.385 e. The number of urea groups is 1. The molecule has 3 atom stereocenters. The quantitative estimate of drug-likeness (QED) is 0.402. The number of aliphatic hydroxyl groups is 1. The van der Waals surface area contributed by atoms with Gasteiger partial charge in [-0.15, -0.1) is 0 Å². The van der Waals surface area contributed by atoms with E-state index in [1.165, 1.54) is 44.1 Å². The second kappa shape index (κ2) is 13.0. The minimum atomic E-state index is -4.74. The molecule has 3 N–H and O–H groups in total. The molecule has 2 fully saturated rings. The summed E-state index contributed by atoms with van der Waals surface area (Å²) in [6, 6.07) is -0.374. The third kappa shape index (κ3) is 7.76. The zero-order valence-electron chi connectivity index (χ0n) is 19.7. The summed E-state index contributed by atoms with van der Waals surface area (Å²) in [5, 5.41) is 16.9. The fraction of sp³-hybridized carbons (Fsp3) is 0.957. The van der Waals surface area contributed by atoms with E-state index in [0.29, 0.717) is 38.5 Å². The molecule has 1 saturated heterocycles. The molecule has 1 saturated carbocycles. The standard InChI is InChI=1S/C23H42F3N3O3/c1-27-16-20(15-18-9-4-3-5-10-18)28-21(30)29-13-8-11-19(17-29)22(31,23(24,25)26)12-6-7-14-32-2/h18-20,27,31H,3-17H2,1-2H3,(H,28,30)/t19-,20?,22?/m1/s1. The summed E-state index contributed by atoms with van der Waals surface area (Å²) < 4.78 is 46.6. The maximum atomic E-state index is 13.9. The van der Waals surface area contributed by atoms with Crippen LogP contribution in [0.3, 0.4) is 0 Å². The third-order valence-electron chi connectivity index (χ3n) is 7.15. The van der Waals surface area contributed by atoms with Gasteiger partial charge in [0.1, 0.15) is 0 Å². The lowest BCUT2D eigenvalue weighted by Crippen LogP contribution is -2.58. The molecule has 6 nitrogen and oxygen atoms in total. The maximum Gasteiger partial charge on any atom is 0.417 e. The Bertz CT molecular complexity index is 558. The van der Waals surface area contributed by atoms with Gasteiger partial charge in [-0.25, -0.2) is 4.79 Å². The van der Waals surface area contributed by atoms with Gasteiger partial charge in [-0.05, 0) is 51.5 Å². The number of piperidine rings is 1. The van der Waals surface area contributed by atoms with Crippen molar-refractivity contribution in [2.45, 2.75) is 88.4 Å². The van der Waals surface area contributed by atoms with Crippen LogP contribution in [-0.4, -0.2) is 74.3 Å². The van der Waals surface area contributed by atoms with E-state index >= 15 is 0 Å². The first kappa shape index (κ1) is 27.2. The van der Waals surface area contributed by atoms with E-state index in [1.807, 2.05) is 7.05 Å². The summed E-state index contributed by atoms with van der Waals surface area (Å²) >= 11 is 0. The number of carbonyl (C=O) groups is 1. The molecule has 188 valence electrons. The van der Waals surface area contributed by atoms with E-state index in [-0.39, 0.29) is 37.9 Å². The first-order valence-electron chi connectivity index (χ1n) is 12.2. The van der Waals surface area contributed by atoms with E-state index < -0.39 is 17.7 Å². The molecule has 0 spiro atoms. The van der Waals surface area contributed by atoms with Crippen molar-refractivity contribution in [2.24, 2.45) is 11.8 Å². The summed E-state index contributed by atoms with van der Waals surface area (Å²) in [7, 11) is 3.34. The number of alkyl halides is 3. The van der Waals surface area contributed by atoms with Crippen molar-refractivity contribution in [3.05, 3.63) is 0 Å². The molecule has 0 aromatic rings. The zero-order chi connectivity index (χ0) is 23.6. The van der Waals surface area contributed by atoms with Crippen molar-refractivity contribution in [1.82, 2.24) is 15.5 Å². The number of ether oxygens (including phenoxy) is 1. The summed E-state index contributed by atoms with van der Waals surface area (Å²) in [6.45, 7) is 1.32. The Morgan fingerprint density at radius 3 is 2.50 bits per heavy atom. The van der Waals surface area contributed by atoms with Crippen molar-refractivity contribution in [3.8, 4) is 0 Å². The number of rotatable bonds is 11. The predicted molar refractivity (Wildman–Crippen MR) is 118 cm³/mol. The Labute approximate surface area is 190 Å². The third-order valence-corrected chi connectivity index (χ3v) is 7.15. The molecule has 1 aliphatic heterocycles. The summed E-state index contributed by atoms with van der Waals surface area (Å²) in [6.07, 6.45) is 3.21. The topological polar surface area (TPSA) is 73.8 Å². The number of methoxy groups -OCH3 is 1. The number of likely N-dealkylation sites (tertiary alicyclic amines) is 1. The van der Waals surface area contributed by atoms with Crippen LogP contribution in [0.2, 0.25) is 0 Å². The molecule has 0 aromatic carbocycles. The summed E-state index contributed by atoms with van der Waals surface area (Å²) in [5.74, 6) is -0.440. The van der Waals surface area contributed by atoms with Gasteiger partial charge < -0.3 is 25.4 Å². The lowest BCUT2D eigenvalue weighted by molar-refractivity contribution is -0.286. The highest BCUT2D eigenvalue weighted by Gasteiger charge is 2.58. The second-order valence-electron chi connectivity index (χ2n) is 9.60. The Hall–Kier alpha value is -1.06. The van der Waals surface area contributed by atoms with Gasteiger partial charge in [0, 0.05) is 45.3 Å². The molecule has 2 rings (SSSR count). The van der Waals surface area contributed by atoms with Crippen LogP contribution in [0.4, 0.5) is 18.0 Å². The van der Waals surface area contributed by atoms with Crippen LogP contribution in [-0.2, 0) is 4.74 Å². The van der Waals surface area contributed by atoms with Crippen LogP contribution in [0.15, 0.2) is 0 Å². The fourth-order valence-corrected chi connectivity index (χ4v) is 5.30. The largest absolute Gasteiger partial charge is 0.417 e. The molecular formula is C23H42F3N3O3. The number of hydrogen-bond donors (Lipinski definition) is 3. The van der Waals surface area contributed by atoms with Crippen LogP contribution in [0.5, 0.6) is 0 Å². The van der Waals surface area contributed by atoms with Crippen LogP contribution < -0.4 is 10.6 Å². The molecule has 0 aromatic heterocycles. The van der Waals surface area contributed by atoms with E-state index in [2.05, 4.69) is 10.6 Å². The lowest BCUT2D eigenvalue weighted by atomic mass is 9.77. The van der Waals surface area contributed by atoms with Crippen LogP contribution in [0.25, 0.3) is 0 Å². The Morgan fingerprint density at radius 2 is 1.88 bits per heavy atom. The normalized spacial score (nSPS) is 23.6. The van der Waals surface area contributed by atoms with Gasteiger partial charge in [0.2, 0.25) is 0 Å². The van der Waals surface area contributed by atoms with Crippen molar-refractivity contribution in [3.63, 3.8) is 0 Å². The van der Waals surface area contributed by atoms with Crippen LogP contribution in [0.1, 0.15) is 70.6 Å². The molecule has 0 radical (unpaired) electrons. The maximum absolute atomic E-state index is 13.9. The van der Waals surface area contributed by atoms with Crippen molar-refractivity contribution < 1.29 is 27.8 Å². The van der Waals surface area contributed by atoms with Gasteiger partial charge in [0.05, 0.1) is 0 Å². The van der Waals surface area contributed by atoms with E-state index in [4.69, 9.17) is 4.74 Å². The highest BCUT2D eigenvalue weighted by atomic mass is 19.4. The molecular weight excluding hydrogens is 423 g/mol. The lowest BCUT2D eigenvalue weighted by Gasteiger charge is -2.43. The number of hydrogen-bond acceptors (Lipinski definition) is 4. The molecule has 9 heteroatoms. The van der Waals surface area contributed by atoms with Crippen LogP contribution in [0, 0.1) is 11.8 Å². The molecule has 2 amide bonds. The number of nitrogens with one attached hydrogen (secondary N) is 2.